The number of aryl methyl sites for hydroxylation is 1. The Morgan fingerprint density at radius 2 is 1.85 bits per heavy atom. The summed E-state index contributed by atoms with van der Waals surface area (Å²) in [5, 5.41) is 4.36. The van der Waals surface area contributed by atoms with Gasteiger partial charge in [-0.3, -0.25) is 9.97 Å². The van der Waals surface area contributed by atoms with Gasteiger partial charge in [-0.05, 0) is 42.8 Å². The van der Waals surface area contributed by atoms with Crippen LogP contribution in [-0.4, -0.2) is 9.97 Å². The minimum absolute atomic E-state index is 0.669. The molecule has 0 unspecified atom stereocenters. The molecule has 0 saturated carbocycles. The standard InChI is InChI=1S/C16H16N4/c1-11-4-2-8-18-15(11)10-20-14-7-6-13(17)12-5-3-9-19-16(12)14/h2-9,20H,10,17H2,1H3. The average Bonchev–Trinajstić information content (AvgIpc) is 2.48. The van der Waals surface area contributed by atoms with Crippen molar-refractivity contribution in [1.29, 1.82) is 0 Å². The molecular formula is C16H16N4. The van der Waals surface area contributed by atoms with Crippen molar-refractivity contribution in [2.45, 2.75) is 13.5 Å². The molecule has 20 heavy (non-hydrogen) atoms. The predicted molar refractivity (Wildman–Crippen MR) is 82.5 cm³/mol. The highest BCUT2D eigenvalue weighted by molar-refractivity contribution is 5.98. The highest BCUT2D eigenvalue weighted by Gasteiger charge is 2.05. The lowest BCUT2D eigenvalue weighted by Crippen LogP contribution is -2.04. The van der Waals surface area contributed by atoms with Gasteiger partial charge in [0.1, 0.15) is 0 Å². The van der Waals surface area contributed by atoms with E-state index in [0.29, 0.717) is 6.54 Å². The van der Waals surface area contributed by atoms with Crippen LogP contribution >= 0.6 is 0 Å². The highest BCUT2D eigenvalue weighted by atomic mass is 14.9. The van der Waals surface area contributed by atoms with Gasteiger partial charge >= 0.3 is 0 Å². The summed E-state index contributed by atoms with van der Waals surface area (Å²) in [5.41, 5.74) is 10.8. The number of nitrogens with one attached hydrogen (secondary N) is 1. The van der Waals surface area contributed by atoms with E-state index in [1.807, 2.05) is 36.5 Å². The minimum atomic E-state index is 0.669. The second-order valence-electron chi connectivity index (χ2n) is 4.72. The molecule has 100 valence electrons. The molecule has 2 heterocycles. The lowest BCUT2D eigenvalue weighted by Gasteiger charge is -2.11. The van der Waals surface area contributed by atoms with E-state index in [0.717, 1.165) is 28.0 Å². The Labute approximate surface area is 117 Å². The van der Waals surface area contributed by atoms with E-state index in [1.54, 1.807) is 6.20 Å². The first-order valence-corrected chi connectivity index (χ1v) is 6.53. The second-order valence-corrected chi connectivity index (χ2v) is 4.72. The van der Waals surface area contributed by atoms with E-state index in [9.17, 15) is 0 Å². The highest BCUT2D eigenvalue weighted by Crippen LogP contribution is 2.26. The number of nitrogens with zero attached hydrogens (tertiary/aromatic N) is 2. The van der Waals surface area contributed by atoms with Crippen molar-refractivity contribution in [1.82, 2.24) is 9.97 Å². The number of hydrogen-bond acceptors (Lipinski definition) is 4. The van der Waals surface area contributed by atoms with Crippen molar-refractivity contribution in [3.05, 3.63) is 60.0 Å². The Morgan fingerprint density at radius 3 is 2.70 bits per heavy atom. The van der Waals surface area contributed by atoms with Gasteiger partial charge in [0.2, 0.25) is 0 Å². The number of nitrogen functional groups attached to an aromatic ring is 1. The lowest BCUT2D eigenvalue weighted by molar-refractivity contribution is 1.02. The fourth-order valence-electron chi connectivity index (χ4n) is 2.22. The molecular weight excluding hydrogens is 248 g/mol. The molecule has 0 bridgehead atoms. The van der Waals surface area contributed by atoms with Crippen LogP contribution in [-0.2, 0) is 6.54 Å². The van der Waals surface area contributed by atoms with Crippen molar-refractivity contribution in [3.63, 3.8) is 0 Å². The number of anilines is 2. The fourth-order valence-corrected chi connectivity index (χ4v) is 2.22. The Balaban J connectivity index is 1.92. The lowest BCUT2D eigenvalue weighted by atomic mass is 10.1. The Kier molecular flexibility index (Phi) is 3.21. The van der Waals surface area contributed by atoms with Crippen LogP contribution in [0.5, 0.6) is 0 Å². The minimum Gasteiger partial charge on any atom is -0.398 e. The third-order valence-electron chi connectivity index (χ3n) is 3.37. The van der Waals surface area contributed by atoms with Gasteiger partial charge in [0.25, 0.3) is 0 Å². The average molecular weight is 264 g/mol. The number of hydrogen-bond donors (Lipinski definition) is 2. The fraction of sp³-hybridized carbons (Fsp3) is 0.125. The van der Waals surface area contributed by atoms with Crippen LogP contribution in [0.4, 0.5) is 11.4 Å². The van der Waals surface area contributed by atoms with Gasteiger partial charge in [-0.15, -0.1) is 0 Å². The van der Waals surface area contributed by atoms with Crippen LogP contribution in [0.1, 0.15) is 11.3 Å². The maximum Gasteiger partial charge on any atom is 0.0953 e. The third-order valence-corrected chi connectivity index (χ3v) is 3.37. The second kappa shape index (κ2) is 5.17. The molecule has 3 rings (SSSR count). The normalized spacial score (nSPS) is 10.7. The van der Waals surface area contributed by atoms with E-state index in [4.69, 9.17) is 5.73 Å². The Bertz CT molecular complexity index is 752. The number of aromatic nitrogens is 2. The van der Waals surface area contributed by atoms with Gasteiger partial charge in [-0.1, -0.05) is 6.07 Å². The number of nitrogens with two attached hydrogens (primary N) is 1. The molecule has 4 heteroatoms. The zero-order valence-corrected chi connectivity index (χ0v) is 11.3. The van der Waals surface area contributed by atoms with Crippen molar-refractivity contribution in [3.8, 4) is 0 Å². The monoisotopic (exact) mass is 264 g/mol. The molecule has 0 aliphatic rings. The summed E-state index contributed by atoms with van der Waals surface area (Å²) >= 11 is 0. The van der Waals surface area contributed by atoms with Gasteiger partial charge in [-0.2, -0.15) is 0 Å². The third kappa shape index (κ3) is 2.28. The van der Waals surface area contributed by atoms with Crippen LogP contribution in [0.3, 0.4) is 0 Å². The molecule has 0 radical (unpaired) electrons. The Morgan fingerprint density at radius 1 is 1.05 bits per heavy atom. The largest absolute Gasteiger partial charge is 0.398 e. The number of fused-ring (bicyclic) bond motifs is 1. The topological polar surface area (TPSA) is 63.8 Å². The molecule has 3 N–H and O–H groups in total. The molecule has 3 aromatic rings. The summed E-state index contributed by atoms with van der Waals surface area (Å²) < 4.78 is 0. The maximum absolute atomic E-state index is 5.98. The molecule has 0 aliphatic carbocycles. The first-order valence-electron chi connectivity index (χ1n) is 6.53. The number of rotatable bonds is 3. The van der Waals surface area contributed by atoms with Crippen LogP contribution in [0.2, 0.25) is 0 Å². The van der Waals surface area contributed by atoms with Crippen LogP contribution in [0, 0.1) is 6.92 Å². The first kappa shape index (κ1) is 12.4. The van der Waals surface area contributed by atoms with E-state index in [-0.39, 0.29) is 0 Å². The summed E-state index contributed by atoms with van der Waals surface area (Å²) in [6.45, 7) is 2.73. The van der Waals surface area contributed by atoms with Gasteiger partial charge < -0.3 is 11.1 Å². The van der Waals surface area contributed by atoms with Crippen molar-refractivity contribution >= 4 is 22.3 Å². The van der Waals surface area contributed by atoms with Crippen molar-refractivity contribution in [2.24, 2.45) is 0 Å². The van der Waals surface area contributed by atoms with Gasteiger partial charge in [-0.25, -0.2) is 0 Å². The van der Waals surface area contributed by atoms with E-state index in [2.05, 4.69) is 28.3 Å². The molecule has 0 atom stereocenters. The van der Waals surface area contributed by atoms with Crippen LogP contribution in [0.15, 0.2) is 48.8 Å². The van der Waals surface area contributed by atoms with Crippen LogP contribution < -0.4 is 11.1 Å². The van der Waals surface area contributed by atoms with Crippen molar-refractivity contribution in [2.75, 3.05) is 11.1 Å². The number of benzene rings is 1. The summed E-state index contributed by atoms with van der Waals surface area (Å²) in [6, 6.07) is 11.7. The van der Waals surface area contributed by atoms with Crippen LogP contribution in [0.25, 0.3) is 10.9 Å². The smallest absolute Gasteiger partial charge is 0.0953 e. The van der Waals surface area contributed by atoms with Gasteiger partial charge in [0, 0.05) is 23.5 Å². The quantitative estimate of drug-likeness (QED) is 0.713. The summed E-state index contributed by atoms with van der Waals surface area (Å²) in [4.78, 5) is 8.80. The van der Waals surface area contributed by atoms with Gasteiger partial charge in [0.15, 0.2) is 0 Å². The molecule has 1 aromatic carbocycles. The van der Waals surface area contributed by atoms with E-state index >= 15 is 0 Å². The summed E-state index contributed by atoms with van der Waals surface area (Å²) in [6.07, 6.45) is 3.59. The molecule has 0 spiro atoms. The zero-order chi connectivity index (χ0) is 13.9. The predicted octanol–water partition coefficient (Wildman–Crippen LogP) is 3.13. The number of pyridine rings is 2. The van der Waals surface area contributed by atoms with Crippen molar-refractivity contribution < 1.29 is 0 Å². The molecule has 0 fully saturated rings. The molecule has 4 nitrogen and oxygen atoms in total. The van der Waals surface area contributed by atoms with E-state index < -0.39 is 0 Å². The maximum atomic E-state index is 5.98. The Hall–Kier alpha value is -2.62. The SMILES string of the molecule is Cc1cccnc1CNc1ccc(N)c2cccnc12. The summed E-state index contributed by atoms with van der Waals surface area (Å²) in [7, 11) is 0. The molecule has 0 amide bonds. The molecule has 2 aromatic heterocycles. The van der Waals surface area contributed by atoms with Gasteiger partial charge in [0.05, 0.1) is 23.4 Å². The zero-order valence-electron chi connectivity index (χ0n) is 11.3. The molecule has 0 aliphatic heterocycles. The molecule has 0 saturated heterocycles. The summed E-state index contributed by atoms with van der Waals surface area (Å²) in [5.74, 6) is 0. The first-order chi connectivity index (χ1) is 9.75. The van der Waals surface area contributed by atoms with E-state index in [1.165, 1.54) is 5.56 Å².